The highest BCUT2D eigenvalue weighted by atomic mass is 127. The molecule has 0 bridgehead atoms. The number of imidazole rings is 1. The van der Waals surface area contributed by atoms with Crippen molar-refractivity contribution in [1.29, 1.82) is 0 Å². The zero-order valence-corrected chi connectivity index (χ0v) is 17.9. The van der Waals surface area contributed by atoms with Gasteiger partial charge < -0.3 is 14.6 Å². The zero-order valence-electron chi connectivity index (χ0n) is 15.6. The van der Waals surface area contributed by atoms with Crippen molar-refractivity contribution >= 4 is 35.6 Å². The number of nitrogens with one attached hydrogen (secondary N) is 1. The number of rotatable bonds is 6. The van der Waals surface area contributed by atoms with E-state index in [1.54, 1.807) is 12.1 Å². The molecule has 0 spiro atoms. The van der Waals surface area contributed by atoms with Gasteiger partial charge >= 0.3 is 0 Å². The van der Waals surface area contributed by atoms with Gasteiger partial charge in [0.1, 0.15) is 11.5 Å². The third-order valence-corrected chi connectivity index (χ3v) is 4.07. The molecule has 7 heteroatoms. The first kappa shape index (κ1) is 21.1. The smallest absolute Gasteiger partial charge is 0.193 e. The summed E-state index contributed by atoms with van der Waals surface area (Å²) in [5, 5.41) is 3.30. The number of benzene rings is 1. The van der Waals surface area contributed by atoms with Crippen molar-refractivity contribution in [3.63, 3.8) is 0 Å². The van der Waals surface area contributed by atoms with E-state index in [0.29, 0.717) is 13.1 Å². The second kappa shape index (κ2) is 10.2. The van der Waals surface area contributed by atoms with Crippen LogP contribution < -0.4 is 5.32 Å². The Balaban J connectivity index is 0.00000261. The lowest BCUT2D eigenvalue weighted by Crippen LogP contribution is -2.38. The van der Waals surface area contributed by atoms with Gasteiger partial charge in [-0.3, -0.25) is 4.99 Å². The van der Waals surface area contributed by atoms with Crippen LogP contribution >= 0.6 is 24.0 Å². The molecule has 27 heavy (non-hydrogen) atoms. The molecule has 5 nitrogen and oxygen atoms in total. The van der Waals surface area contributed by atoms with Crippen LogP contribution in [0.5, 0.6) is 0 Å². The molecule has 0 aliphatic heterocycles. The minimum Gasteiger partial charge on any atom is -0.357 e. The first-order valence-corrected chi connectivity index (χ1v) is 8.82. The van der Waals surface area contributed by atoms with Gasteiger partial charge in [0.05, 0.1) is 5.69 Å². The van der Waals surface area contributed by atoms with Gasteiger partial charge in [-0.1, -0.05) is 18.2 Å². The molecular weight excluding hydrogens is 456 g/mol. The summed E-state index contributed by atoms with van der Waals surface area (Å²) in [5.74, 6) is 0.616. The Morgan fingerprint density at radius 1 is 1.22 bits per heavy atom. The van der Waals surface area contributed by atoms with Gasteiger partial charge in [0, 0.05) is 45.5 Å². The molecule has 0 amide bonds. The Bertz CT molecular complexity index is 842. The Morgan fingerprint density at radius 3 is 2.70 bits per heavy atom. The van der Waals surface area contributed by atoms with Crippen molar-refractivity contribution in [2.24, 2.45) is 4.99 Å². The fourth-order valence-electron chi connectivity index (χ4n) is 2.79. The van der Waals surface area contributed by atoms with E-state index in [4.69, 9.17) is 4.99 Å². The van der Waals surface area contributed by atoms with Crippen LogP contribution in [-0.2, 0) is 13.0 Å². The molecule has 0 aliphatic rings. The number of nitrogens with zero attached hydrogens (tertiary/aromatic N) is 4. The van der Waals surface area contributed by atoms with Crippen LogP contribution in [0, 0.1) is 5.82 Å². The maximum absolute atomic E-state index is 13.1. The first-order chi connectivity index (χ1) is 12.7. The molecule has 2 aromatic heterocycles. The number of guanidine groups is 1. The zero-order chi connectivity index (χ0) is 18.4. The van der Waals surface area contributed by atoms with Crippen LogP contribution in [-0.4, -0.2) is 40.4 Å². The van der Waals surface area contributed by atoms with Crippen LogP contribution in [0.15, 0.2) is 59.9 Å². The summed E-state index contributed by atoms with van der Waals surface area (Å²) in [4.78, 5) is 11.3. The number of fused-ring (bicyclic) bond motifs is 1. The van der Waals surface area contributed by atoms with E-state index in [-0.39, 0.29) is 29.8 Å². The molecule has 1 N–H and O–H groups in total. The number of hydrogen-bond acceptors (Lipinski definition) is 2. The lowest BCUT2D eigenvalue weighted by Gasteiger charge is -2.22. The van der Waals surface area contributed by atoms with Crippen molar-refractivity contribution < 1.29 is 4.39 Å². The SMILES string of the molecule is CCNC(=NCCc1cn2ccccc2n1)N(C)Cc1ccc(F)cc1.I. The molecule has 1 aromatic carbocycles. The third-order valence-electron chi connectivity index (χ3n) is 4.07. The number of aromatic nitrogens is 2. The fourth-order valence-corrected chi connectivity index (χ4v) is 2.79. The molecular formula is C20H25FIN5. The van der Waals surface area contributed by atoms with E-state index >= 15 is 0 Å². The normalized spacial score (nSPS) is 11.3. The largest absolute Gasteiger partial charge is 0.357 e. The van der Waals surface area contributed by atoms with Crippen LogP contribution in [0.2, 0.25) is 0 Å². The van der Waals surface area contributed by atoms with Gasteiger partial charge in [0.25, 0.3) is 0 Å². The Kier molecular flexibility index (Phi) is 8.02. The Hall–Kier alpha value is -2.16. The van der Waals surface area contributed by atoms with Crippen molar-refractivity contribution in [2.75, 3.05) is 20.1 Å². The summed E-state index contributed by atoms with van der Waals surface area (Å²) in [6, 6.07) is 12.5. The van der Waals surface area contributed by atoms with Gasteiger partial charge in [-0.2, -0.15) is 0 Å². The van der Waals surface area contributed by atoms with Crippen molar-refractivity contribution in [3.05, 3.63) is 71.9 Å². The van der Waals surface area contributed by atoms with Crippen LogP contribution in [0.25, 0.3) is 5.65 Å². The number of aliphatic imine (C=N–C) groups is 1. The van der Waals surface area contributed by atoms with Crippen molar-refractivity contribution in [3.8, 4) is 0 Å². The highest BCUT2D eigenvalue weighted by Gasteiger charge is 2.07. The Labute approximate surface area is 176 Å². The summed E-state index contributed by atoms with van der Waals surface area (Å²) in [6.45, 7) is 4.16. The quantitative estimate of drug-likeness (QED) is 0.332. The fraction of sp³-hybridized carbons (Fsp3) is 0.300. The van der Waals surface area contributed by atoms with Crippen LogP contribution in [0.3, 0.4) is 0 Å². The minimum absolute atomic E-state index is 0. The summed E-state index contributed by atoms with van der Waals surface area (Å²) >= 11 is 0. The molecule has 144 valence electrons. The highest BCUT2D eigenvalue weighted by Crippen LogP contribution is 2.07. The summed E-state index contributed by atoms with van der Waals surface area (Å²) < 4.78 is 15.1. The Morgan fingerprint density at radius 2 is 2.00 bits per heavy atom. The van der Waals surface area contributed by atoms with Crippen molar-refractivity contribution in [2.45, 2.75) is 19.9 Å². The average molecular weight is 481 g/mol. The lowest BCUT2D eigenvalue weighted by molar-refractivity contribution is 0.476. The van der Waals surface area contributed by atoms with Gasteiger partial charge in [-0.15, -0.1) is 24.0 Å². The maximum atomic E-state index is 13.1. The monoisotopic (exact) mass is 481 g/mol. The van der Waals surface area contributed by atoms with E-state index in [1.807, 2.05) is 53.9 Å². The molecule has 0 saturated heterocycles. The topological polar surface area (TPSA) is 44.9 Å². The third kappa shape index (κ3) is 5.92. The van der Waals surface area contributed by atoms with Crippen molar-refractivity contribution in [1.82, 2.24) is 19.6 Å². The molecule has 0 saturated carbocycles. The van der Waals surface area contributed by atoms with Gasteiger partial charge in [0.15, 0.2) is 5.96 Å². The average Bonchev–Trinajstić information content (AvgIpc) is 3.05. The summed E-state index contributed by atoms with van der Waals surface area (Å²) in [5.41, 5.74) is 3.02. The standard InChI is InChI=1S/C20H24FN5.HI/c1-3-22-20(25(2)14-16-7-9-17(21)10-8-16)23-12-11-18-15-26-13-5-4-6-19(26)24-18;/h4-10,13,15H,3,11-12,14H2,1-2H3,(H,22,23);1H. The second-order valence-electron chi connectivity index (χ2n) is 6.17. The number of halogens is 2. The molecule has 0 fully saturated rings. The van der Waals surface area contributed by atoms with Gasteiger partial charge in [-0.05, 0) is 36.8 Å². The summed E-state index contributed by atoms with van der Waals surface area (Å²) in [7, 11) is 1.98. The van der Waals surface area contributed by atoms with Crippen LogP contribution in [0.1, 0.15) is 18.2 Å². The predicted octanol–water partition coefficient (Wildman–Crippen LogP) is 3.73. The highest BCUT2D eigenvalue weighted by molar-refractivity contribution is 14.0. The molecule has 0 unspecified atom stereocenters. The number of hydrogen-bond donors (Lipinski definition) is 1. The van der Waals surface area contributed by atoms with E-state index in [2.05, 4.69) is 10.3 Å². The molecule has 3 aromatic rings. The minimum atomic E-state index is -0.218. The molecule has 0 atom stereocenters. The van der Waals surface area contributed by atoms with E-state index < -0.39 is 0 Å². The number of pyridine rings is 1. The molecule has 0 radical (unpaired) electrons. The maximum Gasteiger partial charge on any atom is 0.193 e. The molecule has 0 aliphatic carbocycles. The van der Waals surface area contributed by atoms with E-state index in [0.717, 1.165) is 35.8 Å². The predicted molar refractivity (Wildman–Crippen MR) is 118 cm³/mol. The summed E-state index contributed by atoms with van der Waals surface area (Å²) in [6.07, 6.45) is 4.82. The van der Waals surface area contributed by atoms with Gasteiger partial charge in [-0.25, -0.2) is 9.37 Å². The molecule has 3 rings (SSSR count). The second-order valence-corrected chi connectivity index (χ2v) is 6.17. The van der Waals surface area contributed by atoms with Gasteiger partial charge in [0.2, 0.25) is 0 Å². The van der Waals surface area contributed by atoms with E-state index in [9.17, 15) is 4.39 Å². The van der Waals surface area contributed by atoms with E-state index in [1.165, 1.54) is 12.1 Å². The lowest BCUT2D eigenvalue weighted by atomic mass is 10.2. The van der Waals surface area contributed by atoms with Crippen LogP contribution in [0.4, 0.5) is 4.39 Å². The first-order valence-electron chi connectivity index (χ1n) is 8.82. The molecule has 2 heterocycles.